The Morgan fingerprint density at radius 1 is 1.24 bits per heavy atom. The fraction of sp³-hybridized carbons (Fsp3) is 0.684. The SMILES string of the molecule is CCNC(=NCc1cccc(C)n1)NC(C)CCCN(CC)CC.I. The number of halogens is 1. The molecule has 0 aliphatic heterocycles. The Balaban J connectivity index is 0.00000576. The molecule has 0 aliphatic carbocycles. The Labute approximate surface area is 171 Å². The molecule has 0 aliphatic rings. The van der Waals surface area contributed by atoms with Crippen LogP contribution in [0.15, 0.2) is 23.2 Å². The van der Waals surface area contributed by atoms with Crippen LogP contribution >= 0.6 is 24.0 Å². The third-order valence-electron chi connectivity index (χ3n) is 4.08. The van der Waals surface area contributed by atoms with Gasteiger partial charge in [0.05, 0.1) is 12.2 Å². The van der Waals surface area contributed by atoms with Crippen LogP contribution in [-0.4, -0.2) is 48.1 Å². The number of aliphatic imine (C=N–C) groups is 1. The van der Waals surface area contributed by atoms with Gasteiger partial charge < -0.3 is 15.5 Å². The van der Waals surface area contributed by atoms with Gasteiger partial charge in [-0.25, -0.2) is 4.99 Å². The molecule has 1 rings (SSSR count). The molecule has 25 heavy (non-hydrogen) atoms. The minimum absolute atomic E-state index is 0. The van der Waals surface area contributed by atoms with Crippen molar-refractivity contribution in [3.63, 3.8) is 0 Å². The molecule has 1 aromatic rings. The zero-order valence-corrected chi connectivity index (χ0v) is 18.8. The fourth-order valence-electron chi connectivity index (χ4n) is 2.63. The number of aryl methyl sites for hydroxylation is 1. The number of nitrogens with zero attached hydrogens (tertiary/aromatic N) is 3. The third kappa shape index (κ3) is 10.6. The summed E-state index contributed by atoms with van der Waals surface area (Å²) >= 11 is 0. The number of nitrogens with one attached hydrogen (secondary N) is 2. The molecular weight excluding hydrogens is 425 g/mol. The monoisotopic (exact) mass is 461 g/mol. The minimum atomic E-state index is 0. The van der Waals surface area contributed by atoms with Crippen LogP contribution in [0.1, 0.15) is 51.9 Å². The van der Waals surface area contributed by atoms with Gasteiger partial charge in [-0.3, -0.25) is 4.98 Å². The summed E-state index contributed by atoms with van der Waals surface area (Å²) < 4.78 is 0. The summed E-state index contributed by atoms with van der Waals surface area (Å²) in [4.78, 5) is 11.6. The highest BCUT2D eigenvalue weighted by molar-refractivity contribution is 14.0. The molecule has 0 saturated carbocycles. The number of hydrogen-bond donors (Lipinski definition) is 2. The van der Waals surface area contributed by atoms with Crippen molar-refractivity contribution in [1.29, 1.82) is 0 Å². The molecule has 0 amide bonds. The average molecular weight is 461 g/mol. The molecule has 1 atom stereocenters. The highest BCUT2D eigenvalue weighted by Crippen LogP contribution is 2.02. The number of guanidine groups is 1. The zero-order chi connectivity index (χ0) is 17.8. The van der Waals surface area contributed by atoms with Crippen molar-refractivity contribution in [2.45, 2.75) is 60.0 Å². The van der Waals surface area contributed by atoms with Gasteiger partial charge in [-0.15, -0.1) is 24.0 Å². The van der Waals surface area contributed by atoms with Gasteiger partial charge in [0, 0.05) is 18.3 Å². The highest BCUT2D eigenvalue weighted by Gasteiger charge is 2.06. The first-order valence-electron chi connectivity index (χ1n) is 9.28. The molecule has 0 bridgehead atoms. The normalized spacial score (nSPS) is 12.6. The summed E-state index contributed by atoms with van der Waals surface area (Å²) in [7, 11) is 0. The van der Waals surface area contributed by atoms with E-state index in [4.69, 9.17) is 0 Å². The van der Waals surface area contributed by atoms with Crippen LogP contribution in [0.2, 0.25) is 0 Å². The molecular formula is C19H36IN5. The standard InChI is InChI=1S/C19H35N5.HI/c1-6-20-19(21-15-18-13-9-11-16(4)22-18)23-17(5)12-10-14-24(7-2)8-3;/h9,11,13,17H,6-8,10,12,14-15H2,1-5H3,(H2,20,21,23);1H. The summed E-state index contributed by atoms with van der Waals surface area (Å²) in [6, 6.07) is 6.47. The summed E-state index contributed by atoms with van der Waals surface area (Å²) in [6.07, 6.45) is 2.35. The van der Waals surface area contributed by atoms with Gasteiger partial charge in [-0.1, -0.05) is 19.9 Å². The van der Waals surface area contributed by atoms with E-state index in [9.17, 15) is 0 Å². The fourth-order valence-corrected chi connectivity index (χ4v) is 2.63. The van der Waals surface area contributed by atoms with Gasteiger partial charge in [0.2, 0.25) is 0 Å². The Morgan fingerprint density at radius 2 is 1.96 bits per heavy atom. The van der Waals surface area contributed by atoms with Gasteiger partial charge in [0.1, 0.15) is 0 Å². The van der Waals surface area contributed by atoms with Crippen molar-refractivity contribution in [3.8, 4) is 0 Å². The first-order chi connectivity index (χ1) is 11.6. The van der Waals surface area contributed by atoms with E-state index in [1.165, 1.54) is 13.0 Å². The average Bonchev–Trinajstić information content (AvgIpc) is 2.57. The zero-order valence-electron chi connectivity index (χ0n) is 16.5. The summed E-state index contributed by atoms with van der Waals surface area (Å²) in [5.41, 5.74) is 2.03. The van der Waals surface area contributed by atoms with Gasteiger partial charge in [0.15, 0.2) is 5.96 Å². The maximum Gasteiger partial charge on any atom is 0.191 e. The van der Waals surface area contributed by atoms with Gasteiger partial charge >= 0.3 is 0 Å². The second-order valence-electron chi connectivity index (χ2n) is 6.18. The highest BCUT2D eigenvalue weighted by atomic mass is 127. The summed E-state index contributed by atoms with van der Waals surface area (Å²) in [6.45, 7) is 15.7. The lowest BCUT2D eigenvalue weighted by Gasteiger charge is -2.21. The molecule has 5 nitrogen and oxygen atoms in total. The molecule has 0 radical (unpaired) electrons. The molecule has 2 N–H and O–H groups in total. The Bertz CT molecular complexity index is 488. The van der Waals surface area contributed by atoms with Gasteiger partial charge in [-0.05, 0) is 65.4 Å². The van der Waals surface area contributed by atoms with E-state index in [0.717, 1.165) is 43.4 Å². The second kappa shape index (κ2) is 14.3. The Kier molecular flexibility index (Phi) is 13.8. The number of rotatable bonds is 10. The maximum atomic E-state index is 4.66. The van der Waals surface area contributed by atoms with Gasteiger partial charge in [-0.2, -0.15) is 0 Å². The third-order valence-corrected chi connectivity index (χ3v) is 4.08. The van der Waals surface area contributed by atoms with Crippen molar-refractivity contribution in [2.24, 2.45) is 4.99 Å². The lowest BCUT2D eigenvalue weighted by molar-refractivity contribution is 0.292. The van der Waals surface area contributed by atoms with E-state index in [2.05, 4.69) is 53.2 Å². The molecule has 1 unspecified atom stereocenters. The molecule has 0 fully saturated rings. The lowest BCUT2D eigenvalue weighted by Crippen LogP contribution is -2.42. The lowest BCUT2D eigenvalue weighted by atomic mass is 10.2. The van der Waals surface area contributed by atoms with E-state index in [-0.39, 0.29) is 24.0 Å². The van der Waals surface area contributed by atoms with Crippen LogP contribution in [0.25, 0.3) is 0 Å². The predicted molar refractivity (Wildman–Crippen MR) is 119 cm³/mol. The van der Waals surface area contributed by atoms with Crippen LogP contribution < -0.4 is 10.6 Å². The minimum Gasteiger partial charge on any atom is -0.357 e. The predicted octanol–water partition coefficient (Wildman–Crippen LogP) is 3.57. The first-order valence-corrected chi connectivity index (χ1v) is 9.28. The molecule has 0 saturated heterocycles. The van der Waals surface area contributed by atoms with Crippen LogP contribution in [0, 0.1) is 6.92 Å². The van der Waals surface area contributed by atoms with Crippen LogP contribution in [0.5, 0.6) is 0 Å². The smallest absolute Gasteiger partial charge is 0.191 e. The van der Waals surface area contributed by atoms with Crippen molar-refractivity contribution in [1.82, 2.24) is 20.5 Å². The molecule has 0 spiro atoms. The number of aromatic nitrogens is 1. The van der Waals surface area contributed by atoms with Crippen LogP contribution in [-0.2, 0) is 6.54 Å². The Morgan fingerprint density at radius 3 is 2.56 bits per heavy atom. The van der Waals surface area contributed by atoms with Crippen LogP contribution in [0.3, 0.4) is 0 Å². The topological polar surface area (TPSA) is 52.6 Å². The molecule has 1 heterocycles. The molecule has 1 aromatic heterocycles. The molecule has 0 aromatic carbocycles. The largest absolute Gasteiger partial charge is 0.357 e. The maximum absolute atomic E-state index is 4.66. The Hall–Kier alpha value is -0.890. The summed E-state index contributed by atoms with van der Waals surface area (Å²) in [5, 5.41) is 6.83. The molecule has 6 heteroatoms. The van der Waals surface area contributed by atoms with E-state index in [1.807, 2.05) is 25.1 Å². The van der Waals surface area contributed by atoms with Gasteiger partial charge in [0.25, 0.3) is 0 Å². The van der Waals surface area contributed by atoms with E-state index < -0.39 is 0 Å². The second-order valence-corrected chi connectivity index (χ2v) is 6.18. The van der Waals surface area contributed by atoms with Crippen LogP contribution in [0.4, 0.5) is 0 Å². The first kappa shape index (κ1) is 24.1. The van der Waals surface area contributed by atoms with Crippen molar-refractivity contribution in [2.75, 3.05) is 26.2 Å². The number of hydrogen-bond acceptors (Lipinski definition) is 3. The van der Waals surface area contributed by atoms with E-state index in [1.54, 1.807) is 0 Å². The van der Waals surface area contributed by atoms with Crippen molar-refractivity contribution in [3.05, 3.63) is 29.6 Å². The summed E-state index contributed by atoms with van der Waals surface area (Å²) in [5.74, 6) is 0.871. The van der Waals surface area contributed by atoms with Crippen molar-refractivity contribution >= 4 is 29.9 Å². The van der Waals surface area contributed by atoms with Crippen molar-refractivity contribution < 1.29 is 0 Å². The number of pyridine rings is 1. The van der Waals surface area contributed by atoms with E-state index in [0.29, 0.717) is 12.6 Å². The quantitative estimate of drug-likeness (QED) is 0.318. The van der Waals surface area contributed by atoms with E-state index >= 15 is 0 Å². The molecule has 144 valence electrons.